The summed E-state index contributed by atoms with van der Waals surface area (Å²) in [5.74, 6) is -2.12. The van der Waals surface area contributed by atoms with E-state index in [4.69, 9.17) is 0 Å². The van der Waals surface area contributed by atoms with Gasteiger partial charge in [-0.1, -0.05) is 38.1 Å². The van der Waals surface area contributed by atoms with Crippen LogP contribution < -0.4 is 5.32 Å². The van der Waals surface area contributed by atoms with Crippen LogP contribution in [0, 0.1) is 5.92 Å². The fourth-order valence-electron chi connectivity index (χ4n) is 3.13. The Labute approximate surface area is 120 Å². The molecule has 2 rings (SSSR count). The summed E-state index contributed by atoms with van der Waals surface area (Å²) in [5, 5.41) is 3.49. The number of benzene rings is 1. The first-order chi connectivity index (χ1) is 9.55. The second-order valence-corrected chi connectivity index (χ2v) is 5.82. The van der Waals surface area contributed by atoms with Gasteiger partial charge in [0.15, 0.2) is 0 Å². The second-order valence-electron chi connectivity index (χ2n) is 5.82. The van der Waals surface area contributed by atoms with Gasteiger partial charge in [-0.25, -0.2) is 8.78 Å². The zero-order valence-corrected chi connectivity index (χ0v) is 12.5. The molecule has 0 aromatic heterocycles. The van der Waals surface area contributed by atoms with Crippen LogP contribution in [0.3, 0.4) is 0 Å². The number of rotatable bonds is 5. The van der Waals surface area contributed by atoms with Gasteiger partial charge in [0.05, 0.1) is 0 Å². The Bertz CT molecular complexity index is 404. The average molecular weight is 281 g/mol. The molecule has 1 nitrogen and oxygen atoms in total. The van der Waals surface area contributed by atoms with Gasteiger partial charge in [-0.2, -0.15) is 0 Å². The summed E-state index contributed by atoms with van der Waals surface area (Å²) >= 11 is 0. The smallest absolute Gasteiger partial charge is 0.248 e. The van der Waals surface area contributed by atoms with Gasteiger partial charge in [-0.15, -0.1) is 0 Å². The lowest BCUT2D eigenvalue weighted by molar-refractivity contribution is -0.0497. The molecule has 20 heavy (non-hydrogen) atoms. The van der Waals surface area contributed by atoms with E-state index < -0.39 is 5.92 Å². The Kier molecular flexibility index (Phi) is 5.14. The Morgan fingerprint density at radius 3 is 2.25 bits per heavy atom. The van der Waals surface area contributed by atoms with Gasteiger partial charge in [0.25, 0.3) is 0 Å². The van der Waals surface area contributed by atoms with Crippen LogP contribution in [-0.2, 0) is 6.42 Å². The largest absolute Gasteiger partial charge is 0.310 e. The van der Waals surface area contributed by atoms with Crippen LogP contribution >= 0.6 is 0 Å². The maximum Gasteiger partial charge on any atom is 0.248 e. The summed E-state index contributed by atoms with van der Waals surface area (Å²) in [6.45, 7) is 5.08. The Morgan fingerprint density at radius 1 is 1.15 bits per heavy atom. The van der Waals surface area contributed by atoms with Crippen molar-refractivity contribution < 1.29 is 8.78 Å². The fourth-order valence-corrected chi connectivity index (χ4v) is 3.13. The van der Waals surface area contributed by atoms with Crippen molar-refractivity contribution in [3.8, 4) is 0 Å². The number of alkyl halides is 2. The van der Waals surface area contributed by atoms with Crippen molar-refractivity contribution >= 4 is 0 Å². The van der Waals surface area contributed by atoms with E-state index in [0.717, 1.165) is 13.0 Å². The first-order valence-corrected chi connectivity index (χ1v) is 7.75. The molecule has 1 unspecified atom stereocenters. The third kappa shape index (κ3) is 3.78. The molecule has 1 aromatic carbocycles. The van der Waals surface area contributed by atoms with Gasteiger partial charge in [0.1, 0.15) is 0 Å². The molecular weight excluding hydrogens is 256 g/mol. The average Bonchev–Trinajstić information content (AvgIpc) is 2.45. The SMILES string of the molecule is CCNC(c1ccc(CC)cc1)C1CCC(F)(F)CC1. The highest BCUT2D eigenvalue weighted by Crippen LogP contribution is 2.41. The molecule has 112 valence electrons. The molecule has 1 atom stereocenters. The zero-order chi connectivity index (χ0) is 14.6. The van der Waals surface area contributed by atoms with E-state index in [-0.39, 0.29) is 18.9 Å². The predicted octanol–water partition coefficient (Wildman–Crippen LogP) is 4.73. The third-order valence-corrected chi connectivity index (χ3v) is 4.40. The van der Waals surface area contributed by atoms with Gasteiger partial charge in [0.2, 0.25) is 5.92 Å². The quantitative estimate of drug-likeness (QED) is 0.823. The highest BCUT2D eigenvalue weighted by atomic mass is 19.3. The molecule has 0 radical (unpaired) electrons. The number of halogens is 2. The molecule has 0 bridgehead atoms. The molecule has 1 N–H and O–H groups in total. The lowest BCUT2D eigenvalue weighted by Gasteiger charge is -2.34. The minimum absolute atomic E-state index is 0.0343. The summed E-state index contributed by atoms with van der Waals surface area (Å²) in [5.41, 5.74) is 2.55. The molecule has 0 amide bonds. The minimum atomic E-state index is -2.45. The third-order valence-electron chi connectivity index (χ3n) is 4.40. The predicted molar refractivity (Wildman–Crippen MR) is 79.1 cm³/mol. The van der Waals surface area contributed by atoms with Crippen LogP contribution in [0.25, 0.3) is 0 Å². The van der Waals surface area contributed by atoms with E-state index in [1.54, 1.807) is 0 Å². The van der Waals surface area contributed by atoms with Crippen LogP contribution in [0.4, 0.5) is 8.78 Å². The van der Waals surface area contributed by atoms with Crippen LogP contribution in [-0.4, -0.2) is 12.5 Å². The van der Waals surface area contributed by atoms with E-state index in [9.17, 15) is 8.78 Å². The molecule has 1 aliphatic carbocycles. The van der Waals surface area contributed by atoms with E-state index in [2.05, 4.69) is 43.4 Å². The summed E-state index contributed by atoms with van der Waals surface area (Å²) in [4.78, 5) is 0. The van der Waals surface area contributed by atoms with Crippen molar-refractivity contribution in [2.24, 2.45) is 5.92 Å². The molecule has 0 spiro atoms. The summed E-state index contributed by atoms with van der Waals surface area (Å²) in [7, 11) is 0. The van der Waals surface area contributed by atoms with Gasteiger partial charge in [-0.3, -0.25) is 0 Å². The molecule has 1 aliphatic rings. The van der Waals surface area contributed by atoms with E-state index in [1.165, 1.54) is 11.1 Å². The van der Waals surface area contributed by atoms with Crippen LogP contribution in [0.1, 0.15) is 56.7 Å². The normalized spacial score (nSPS) is 20.8. The molecule has 3 heteroatoms. The Balaban J connectivity index is 2.10. The Morgan fingerprint density at radius 2 is 1.75 bits per heavy atom. The van der Waals surface area contributed by atoms with Crippen molar-refractivity contribution in [2.75, 3.05) is 6.54 Å². The molecule has 0 heterocycles. The Hall–Kier alpha value is -0.960. The zero-order valence-electron chi connectivity index (χ0n) is 12.5. The highest BCUT2D eigenvalue weighted by Gasteiger charge is 2.37. The van der Waals surface area contributed by atoms with Gasteiger partial charge in [0, 0.05) is 18.9 Å². The number of aryl methyl sites for hydroxylation is 1. The summed E-state index contributed by atoms with van der Waals surface area (Å²) < 4.78 is 26.6. The van der Waals surface area contributed by atoms with Crippen LogP contribution in [0.2, 0.25) is 0 Å². The van der Waals surface area contributed by atoms with E-state index in [1.807, 2.05) is 0 Å². The van der Waals surface area contributed by atoms with E-state index >= 15 is 0 Å². The van der Waals surface area contributed by atoms with Crippen molar-refractivity contribution in [3.63, 3.8) is 0 Å². The second kappa shape index (κ2) is 6.66. The van der Waals surface area contributed by atoms with Crippen molar-refractivity contribution in [3.05, 3.63) is 35.4 Å². The van der Waals surface area contributed by atoms with Gasteiger partial charge < -0.3 is 5.32 Å². The number of hydrogen-bond donors (Lipinski definition) is 1. The van der Waals surface area contributed by atoms with Crippen molar-refractivity contribution in [2.45, 2.75) is 57.9 Å². The molecule has 1 fully saturated rings. The minimum Gasteiger partial charge on any atom is -0.310 e. The fraction of sp³-hybridized carbons (Fsp3) is 0.647. The summed E-state index contributed by atoms with van der Waals surface area (Å²) in [6.07, 6.45) is 2.32. The number of hydrogen-bond acceptors (Lipinski definition) is 1. The topological polar surface area (TPSA) is 12.0 Å². The monoisotopic (exact) mass is 281 g/mol. The molecule has 0 saturated heterocycles. The van der Waals surface area contributed by atoms with Crippen LogP contribution in [0.15, 0.2) is 24.3 Å². The standard InChI is InChI=1S/C17H25F2N/c1-3-13-5-7-14(8-6-13)16(20-4-2)15-9-11-17(18,19)12-10-15/h5-8,15-16,20H,3-4,9-12H2,1-2H3. The molecule has 1 aromatic rings. The maximum atomic E-state index is 13.3. The lowest BCUT2D eigenvalue weighted by Crippen LogP contribution is -2.34. The number of nitrogens with one attached hydrogen (secondary N) is 1. The lowest BCUT2D eigenvalue weighted by atomic mass is 9.79. The first kappa shape index (κ1) is 15.4. The van der Waals surface area contributed by atoms with Crippen molar-refractivity contribution in [1.29, 1.82) is 0 Å². The first-order valence-electron chi connectivity index (χ1n) is 7.75. The highest BCUT2D eigenvalue weighted by molar-refractivity contribution is 5.25. The molecular formula is C17H25F2N. The molecule has 0 aliphatic heterocycles. The van der Waals surface area contributed by atoms with Crippen molar-refractivity contribution in [1.82, 2.24) is 5.32 Å². The van der Waals surface area contributed by atoms with Crippen LogP contribution in [0.5, 0.6) is 0 Å². The maximum absolute atomic E-state index is 13.3. The molecule has 1 saturated carbocycles. The van der Waals surface area contributed by atoms with Gasteiger partial charge in [-0.05, 0) is 42.9 Å². The van der Waals surface area contributed by atoms with E-state index in [0.29, 0.717) is 18.8 Å². The summed E-state index contributed by atoms with van der Waals surface area (Å²) in [6, 6.07) is 8.81. The van der Waals surface area contributed by atoms with Gasteiger partial charge >= 0.3 is 0 Å².